The molecule has 0 radical (unpaired) electrons. The normalized spacial score (nSPS) is 11.2. The van der Waals surface area contributed by atoms with Crippen LogP contribution in [-0.2, 0) is 12.3 Å². The van der Waals surface area contributed by atoms with Crippen LogP contribution in [0.25, 0.3) is 15.9 Å². The topological polar surface area (TPSA) is 52.7 Å². The van der Waals surface area contributed by atoms with Gasteiger partial charge >= 0.3 is 4.87 Å². The van der Waals surface area contributed by atoms with Crippen molar-refractivity contribution >= 4 is 33.3 Å². The lowest BCUT2D eigenvalue weighted by Gasteiger charge is -2.11. The molecule has 5 nitrogen and oxygen atoms in total. The molecule has 0 unspecified atom stereocenters. The van der Waals surface area contributed by atoms with Gasteiger partial charge in [-0.2, -0.15) is 0 Å². The van der Waals surface area contributed by atoms with Crippen LogP contribution in [-0.4, -0.2) is 19.3 Å². The molecule has 0 fully saturated rings. The second-order valence-electron chi connectivity index (χ2n) is 6.77. The lowest BCUT2D eigenvalue weighted by atomic mass is 10.2. The first-order valence-corrected chi connectivity index (χ1v) is 11.3. The van der Waals surface area contributed by atoms with Crippen molar-refractivity contribution in [3.8, 4) is 5.69 Å². The smallest absolute Gasteiger partial charge is 0.291 e. The highest BCUT2D eigenvalue weighted by molar-refractivity contribution is 7.98. The molecule has 0 atom stereocenters. The number of para-hydroxylation sites is 2. The van der Waals surface area contributed by atoms with Crippen molar-refractivity contribution in [2.24, 2.45) is 0 Å². The Morgan fingerprint density at radius 1 is 0.833 bits per heavy atom. The minimum atomic E-state index is 0.0114. The molecule has 3 aromatic carbocycles. The molecule has 148 valence electrons. The average Bonchev–Trinajstić information content (AvgIpc) is 3.34. The maximum Gasteiger partial charge on any atom is 0.308 e. The number of benzene rings is 3. The van der Waals surface area contributed by atoms with E-state index in [2.05, 4.69) is 22.3 Å². The number of aromatic nitrogens is 4. The largest absolute Gasteiger partial charge is 0.308 e. The van der Waals surface area contributed by atoms with Crippen LogP contribution >= 0.6 is 23.1 Å². The van der Waals surface area contributed by atoms with Gasteiger partial charge in [-0.05, 0) is 29.8 Å². The number of thioether (sulfide) groups is 1. The molecule has 5 aromatic rings. The Bertz CT molecular complexity index is 1340. The van der Waals surface area contributed by atoms with E-state index in [9.17, 15) is 4.79 Å². The van der Waals surface area contributed by atoms with Gasteiger partial charge in [0.25, 0.3) is 0 Å². The number of fused-ring (bicyclic) bond motifs is 1. The quantitative estimate of drug-likeness (QED) is 0.356. The van der Waals surface area contributed by atoms with Gasteiger partial charge in [0.1, 0.15) is 0 Å². The molecular formula is C23H18N4OS2. The number of hydrogen-bond donors (Lipinski definition) is 0. The zero-order valence-electron chi connectivity index (χ0n) is 16.0. The molecule has 0 N–H and O–H groups in total. The summed E-state index contributed by atoms with van der Waals surface area (Å²) in [6, 6.07) is 28.2. The van der Waals surface area contributed by atoms with Crippen LogP contribution < -0.4 is 4.87 Å². The Kier molecular flexibility index (Phi) is 5.21. The fraction of sp³-hybridized carbons (Fsp3) is 0.0870. The third kappa shape index (κ3) is 3.69. The highest BCUT2D eigenvalue weighted by Crippen LogP contribution is 2.26. The highest BCUT2D eigenvalue weighted by Gasteiger charge is 2.17. The molecule has 0 saturated heterocycles. The summed E-state index contributed by atoms with van der Waals surface area (Å²) in [5.41, 5.74) is 3.14. The predicted octanol–water partition coefficient (Wildman–Crippen LogP) is 4.98. The van der Waals surface area contributed by atoms with E-state index in [4.69, 9.17) is 0 Å². The van der Waals surface area contributed by atoms with Gasteiger partial charge in [-0.15, -0.1) is 10.2 Å². The molecule has 0 bridgehead atoms. The Morgan fingerprint density at radius 3 is 2.33 bits per heavy atom. The van der Waals surface area contributed by atoms with Crippen molar-refractivity contribution in [1.29, 1.82) is 0 Å². The van der Waals surface area contributed by atoms with E-state index in [0.717, 1.165) is 32.6 Å². The second-order valence-corrected chi connectivity index (χ2v) is 8.70. The van der Waals surface area contributed by atoms with Gasteiger partial charge < -0.3 is 0 Å². The SMILES string of the molecule is O=c1sc2ccccc2n1Cc1nnc(SCc2ccccc2)n1-c1ccccc1. The standard InChI is InChI=1S/C23H18N4OS2/c28-23-26(19-13-7-8-14-20(19)30-23)15-21-24-25-22(27(21)18-11-5-2-6-12-18)29-16-17-9-3-1-4-10-17/h1-14H,15-16H2. The van der Waals surface area contributed by atoms with Gasteiger partial charge in [-0.25, -0.2) is 0 Å². The fourth-order valence-electron chi connectivity index (χ4n) is 3.36. The first-order chi connectivity index (χ1) is 14.8. The molecule has 0 amide bonds. The first kappa shape index (κ1) is 18.8. The molecule has 0 aliphatic carbocycles. The van der Waals surface area contributed by atoms with E-state index in [1.54, 1.807) is 16.3 Å². The molecular weight excluding hydrogens is 412 g/mol. The summed E-state index contributed by atoms with van der Waals surface area (Å²) in [5, 5.41) is 9.74. The Hall–Kier alpha value is -3.16. The van der Waals surface area contributed by atoms with E-state index >= 15 is 0 Å². The molecule has 0 spiro atoms. The van der Waals surface area contributed by atoms with Crippen LogP contribution in [0.1, 0.15) is 11.4 Å². The minimum Gasteiger partial charge on any atom is -0.291 e. The van der Waals surface area contributed by atoms with Gasteiger partial charge in [-0.3, -0.25) is 13.9 Å². The Morgan fingerprint density at radius 2 is 1.53 bits per heavy atom. The molecule has 7 heteroatoms. The summed E-state index contributed by atoms with van der Waals surface area (Å²) in [4.78, 5) is 12.6. The van der Waals surface area contributed by atoms with Crippen molar-refractivity contribution in [2.45, 2.75) is 17.5 Å². The van der Waals surface area contributed by atoms with Crippen LogP contribution in [0.4, 0.5) is 0 Å². The fourth-order valence-corrected chi connectivity index (χ4v) is 5.18. The lowest BCUT2D eigenvalue weighted by Crippen LogP contribution is -2.16. The first-order valence-electron chi connectivity index (χ1n) is 9.54. The second kappa shape index (κ2) is 8.30. The molecule has 0 saturated carbocycles. The summed E-state index contributed by atoms with van der Waals surface area (Å²) in [7, 11) is 0. The Labute approximate surface area is 181 Å². The van der Waals surface area contributed by atoms with Crippen molar-refractivity contribution in [1.82, 2.24) is 19.3 Å². The molecule has 5 rings (SSSR count). The molecule has 2 heterocycles. The van der Waals surface area contributed by atoms with Gasteiger partial charge in [0.05, 0.1) is 16.8 Å². The number of rotatable bonds is 6. The summed E-state index contributed by atoms with van der Waals surface area (Å²) in [6.45, 7) is 0.372. The predicted molar refractivity (Wildman–Crippen MR) is 123 cm³/mol. The number of nitrogens with zero attached hydrogens (tertiary/aromatic N) is 4. The van der Waals surface area contributed by atoms with Crippen LogP contribution in [0.3, 0.4) is 0 Å². The third-order valence-electron chi connectivity index (χ3n) is 4.80. The van der Waals surface area contributed by atoms with Crippen molar-refractivity contribution in [2.75, 3.05) is 0 Å². The van der Waals surface area contributed by atoms with Gasteiger partial charge in [0, 0.05) is 11.4 Å². The zero-order valence-corrected chi connectivity index (χ0v) is 17.6. The van der Waals surface area contributed by atoms with Crippen LogP contribution in [0.2, 0.25) is 0 Å². The van der Waals surface area contributed by atoms with Crippen molar-refractivity contribution in [3.05, 3.63) is 106 Å². The van der Waals surface area contributed by atoms with Crippen molar-refractivity contribution < 1.29 is 0 Å². The van der Waals surface area contributed by atoms with E-state index in [1.807, 2.05) is 77.4 Å². The molecule has 30 heavy (non-hydrogen) atoms. The highest BCUT2D eigenvalue weighted by atomic mass is 32.2. The average molecular weight is 431 g/mol. The van der Waals surface area contributed by atoms with E-state index in [1.165, 1.54) is 16.9 Å². The maximum absolute atomic E-state index is 12.6. The summed E-state index contributed by atoms with van der Waals surface area (Å²) in [6.07, 6.45) is 0. The number of thiazole rings is 1. The van der Waals surface area contributed by atoms with Gasteiger partial charge in [0.15, 0.2) is 11.0 Å². The van der Waals surface area contributed by atoms with Crippen LogP contribution in [0, 0.1) is 0 Å². The van der Waals surface area contributed by atoms with Gasteiger partial charge in [0.2, 0.25) is 0 Å². The summed E-state index contributed by atoms with van der Waals surface area (Å²) < 4.78 is 4.80. The minimum absolute atomic E-state index is 0.0114. The van der Waals surface area contributed by atoms with E-state index in [0.29, 0.717) is 6.54 Å². The lowest BCUT2D eigenvalue weighted by molar-refractivity contribution is 0.726. The monoisotopic (exact) mass is 430 g/mol. The Balaban J connectivity index is 1.54. The summed E-state index contributed by atoms with van der Waals surface area (Å²) in [5.74, 6) is 1.54. The van der Waals surface area contributed by atoms with E-state index in [-0.39, 0.29) is 4.87 Å². The van der Waals surface area contributed by atoms with Crippen molar-refractivity contribution in [3.63, 3.8) is 0 Å². The van der Waals surface area contributed by atoms with Gasteiger partial charge in [-0.1, -0.05) is 83.8 Å². The van der Waals surface area contributed by atoms with E-state index < -0.39 is 0 Å². The molecule has 2 aromatic heterocycles. The molecule has 0 aliphatic rings. The van der Waals surface area contributed by atoms with Crippen LogP contribution in [0.5, 0.6) is 0 Å². The summed E-state index contributed by atoms with van der Waals surface area (Å²) >= 11 is 2.90. The maximum atomic E-state index is 12.6. The number of hydrogen-bond acceptors (Lipinski definition) is 5. The third-order valence-corrected chi connectivity index (χ3v) is 6.76. The van der Waals surface area contributed by atoms with Crippen LogP contribution in [0.15, 0.2) is 94.9 Å². The zero-order chi connectivity index (χ0) is 20.3. The molecule has 0 aliphatic heterocycles.